The molecular formula is C4H8OY-2. The van der Waals surface area contributed by atoms with Gasteiger partial charge in [-0.3, -0.25) is 6.29 Å². The van der Waals surface area contributed by atoms with Crippen molar-refractivity contribution in [2.75, 3.05) is 0 Å². The summed E-state index contributed by atoms with van der Waals surface area (Å²) in [7, 11) is 0. The molecule has 0 unspecified atom stereocenters. The average molecular weight is 161 g/mol. The molecule has 0 aliphatic carbocycles. The number of hydrogen-bond donors (Lipinski definition) is 0. The maximum Gasteiger partial charge on any atom is 0 e. The van der Waals surface area contributed by atoms with Gasteiger partial charge in [-0.25, -0.2) is 0 Å². The first-order valence-corrected chi connectivity index (χ1v) is 1.26. The quantitative estimate of drug-likeness (QED) is 0.523. The van der Waals surface area contributed by atoms with Crippen molar-refractivity contribution in [3.63, 3.8) is 0 Å². The van der Waals surface area contributed by atoms with Gasteiger partial charge in [0.25, 0.3) is 0 Å². The molecule has 0 atom stereocenters. The first kappa shape index (κ1) is 15.9. The summed E-state index contributed by atoms with van der Waals surface area (Å²) in [6, 6.07) is 0. The molecule has 1 radical (unpaired) electrons. The summed E-state index contributed by atoms with van der Waals surface area (Å²) >= 11 is 0. The van der Waals surface area contributed by atoms with Crippen LogP contribution in [0.5, 0.6) is 0 Å². The normalized spacial score (nSPS) is 4.17. The van der Waals surface area contributed by atoms with Gasteiger partial charge >= 0.3 is 0 Å². The zero-order chi connectivity index (χ0) is 3.41. The van der Waals surface area contributed by atoms with E-state index in [1.54, 1.807) is 13.2 Å². The van der Waals surface area contributed by atoms with Crippen LogP contribution in [0.15, 0.2) is 0 Å². The Labute approximate surface area is 64.4 Å². The summed E-state index contributed by atoms with van der Waals surface area (Å²) in [5.41, 5.74) is 0. The smallest absolute Gasteiger partial charge is 0 e. The Hall–Kier alpha value is 0.774. The summed E-state index contributed by atoms with van der Waals surface area (Å²) in [5.74, 6) is 0. The molecule has 0 bridgehead atoms. The van der Waals surface area contributed by atoms with Crippen LogP contribution < -0.4 is 0 Å². The van der Waals surface area contributed by atoms with E-state index in [-0.39, 0.29) is 40.1 Å². The summed E-state index contributed by atoms with van der Waals surface area (Å²) in [6.45, 7) is 1.76. The standard InChI is InChI=1S/C3H5O.CH3.Y/c1-2-3-4;;/h2H2,1H3;1H3;/q2*-1;. The first-order valence-electron chi connectivity index (χ1n) is 1.26. The fourth-order valence-corrected chi connectivity index (χ4v) is 0. The monoisotopic (exact) mass is 161 g/mol. The minimum atomic E-state index is 0. The minimum Gasteiger partial charge on any atom is -0.542 e. The van der Waals surface area contributed by atoms with Crippen molar-refractivity contribution in [1.29, 1.82) is 0 Å². The first-order chi connectivity index (χ1) is 1.91. The van der Waals surface area contributed by atoms with E-state index >= 15 is 0 Å². The molecule has 35 valence electrons. The number of carbonyl (C=O) groups excluding carboxylic acids is 1. The van der Waals surface area contributed by atoms with E-state index in [1.165, 1.54) is 0 Å². The molecule has 6 heavy (non-hydrogen) atoms. The van der Waals surface area contributed by atoms with E-state index in [9.17, 15) is 0 Å². The molecule has 0 saturated carbocycles. The molecule has 0 aliphatic heterocycles. The second-order valence-electron chi connectivity index (χ2n) is 0.498. The summed E-state index contributed by atoms with van der Waals surface area (Å²) in [5, 5.41) is 0. The second-order valence-corrected chi connectivity index (χ2v) is 0.498. The van der Waals surface area contributed by atoms with E-state index < -0.39 is 0 Å². The maximum absolute atomic E-state index is 9.05. The molecule has 0 aliphatic rings. The molecular weight excluding hydrogens is 153 g/mol. The fraction of sp³-hybridized carbons (Fsp3) is 0.500. The van der Waals surface area contributed by atoms with Crippen molar-refractivity contribution < 1.29 is 37.5 Å². The van der Waals surface area contributed by atoms with E-state index in [0.29, 0.717) is 6.42 Å². The molecule has 0 aromatic carbocycles. The molecule has 0 amide bonds. The van der Waals surface area contributed by atoms with Gasteiger partial charge in [-0.1, -0.05) is 6.92 Å². The van der Waals surface area contributed by atoms with Gasteiger partial charge in [-0.15, -0.1) is 0 Å². The zero-order valence-corrected chi connectivity index (χ0v) is 7.03. The zero-order valence-electron chi connectivity index (χ0n) is 4.19. The van der Waals surface area contributed by atoms with Crippen LogP contribution in [-0.2, 0) is 37.5 Å². The molecule has 0 fully saturated rings. The van der Waals surface area contributed by atoms with Gasteiger partial charge in [0, 0.05) is 32.7 Å². The predicted molar refractivity (Wildman–Crippen MR) is 22.4 cm³/mol. The molecule has 0 spiro atoms. The predicted octanol–water partition coefficient (Wildman–Crippen LogP) is 0.954. The Bertz CT molecular complexity index is 21.5. The molecule has 0 heterocycles. The second kappa shape index (κ2) is 17.1. The summed E-state index contributed by atoms with van der Waals surface area (Å²) in [6.07, 6.45) is 2.19. The van der Waals surface area contributed by atoms with Gasteiger partial charge in [0.05, 0.1) is 0 Å². The molecule has 0 aromatic rings. The van der Waals surface area contributed by atoms with Gasteiger partial charge in [0.1, 0.15) is 0 Å². The number of hydrogen-bond acceptors (Lipinski definition) is 1. The van der Waals surface area contributed by atoms with Gasteiger partial charge < -0.3 is 12.2 Å². The number of rotatable bonds is 1. The van der Waals surface area contributed by atoms with Crippen LogP contribution in [0, 0.1) is 7.43 Å². The average Bonchev–Trinajstić information content (AvgIpc) is 1.37. The molecule has 1 nitrogen and oxygen atoms in total. The van der Waals surface area contributed by atoms with Crippen molar-refractivity contribution in [1.82, 2.24) is 0 Å². The van der Waals surface area contributed by atoms with Crippen LogP contribution in [-0.4, -0.2) is 6.29 Å². The maximum atomic E-state index is 9.05. The van der Waals surface area contributed by atoms with Crippen molar-refractivity contribution in [3.05, 3.63) is 7.43 Å². The topological polar surface area (TPSA) is 17.1 Å². The van der Waals surface area contributed by atoms with Gasteiger partial charge in [0.2, 0.25) is 0 Å². The van der Waals surface area contributed by atoms with Crippen LogP contribution in [0.3, 0.4) is 0 Å². The van der Waals surface area contributed by atoms with E-state index in [1.807, 2.05) is 0 Å². The van der Waals surface area contributed by atoms with Crippen LogP contribution >= 0.6 is 0 Å². The molecule has 0 saturated heterocycles. The molecule has 0 rings (SSSR count). The molecule has 2 heteroatoms. The van der Waals surface area contributed by atoms with Crippen LogP contribution in [0.25, 0.3) is 0 Å². The Kier molecular flexibility index (Phi) is 45.2. The Morgan fingerprint density at radius 2 is 1.83 bits per heavy atom. The van der Waals surface area contributed by atoms with Crippen LogP contribution in [0.1, 0.15) is 13.3 Å². The third-order valence-corrected chi connectivity index (χ3v) is 0.144. The fourth-order valence-electron chi connectivity index (χ4n) is 0. The molecule has 0 aromatic heterocycles. The van der Waals surface area contributed by atoms with E-state index in [2.05, 4.69) is 0 Å². The Balaban J connectivity index is -0.0000000450. The van der Waals surface area contributed by atoms with Crippen molar-refractivity contribution in [2.24, 2.45) is 0 Å². The van der Waals surface area contributed by atoms with Gasteiger partial charge in [0.15, 0.2) is 0 Å². The summed E-state index contributed by atoms with van der Waals surface area (Å²) < 4.78 is 0. The van der Waals surface area contributed by atoms with Gasteiger partial charge in [-0.2, -0.15) is 6.42 Å². The van der Waals surface area contributed by atoms with Crippen molar-refractivity contribution in [3.8, 4) is 0 Å². The van der Waals surface area contributed by atoms with Crippen LogP contribution in [0.2, 0.25) is 0 Å². The van der Waals surface area contributed by atoms with E-state index in [0.717, 1.165) is 0 Å². The third-order valence-electron chi connectivity index (χ3n) is 0.144. The third kappa shape index (κ3) is 21.6. The Morgan fingerprint density at radius 3 is 1.83 bits per heavy atom. The van der Waals surface area contributed by atoms with Crippen LogP contribution in [0.4, 0.5) is 0 Å². The van der Waals surface area contributed by atoms with Crippen molar-refractivity contribution in [2.45, 2.75) is 13.3 Å². The molecule has 0 N–H and O–H groups in total. The SMILES string of the molecule is CC[C-]=O.[CH3-].[Y]. The van der Waals surface area contributed by atoms with Crippen molar-refractivity contribution >= 4 is 6.29 Å². The minimum absolute atomic E-state index is 0. The Morgan fingerprint density at radius 1 is 1.67 bits per heavy atom. The van der Waals surface area contributed by atoms with E-state index in [4.69, 9.17) is 4.79 Å². The largest absolute Gasteiger partial charge is 0.542 e. The van der Waals surface area contributed by atoms with Gasteiger partial charge in [-0.05, 0) is 0 Å². The summed E-state index contributed by atoms with van der Waals surface area (Å²) in [4.78, 5) is 9.05.